The molecule has 0 saturated carbocycles. The third-order valence-electron chi connectivity index (χ3n) is 5.77. The summed E-state index contributed by atoms with van der Waals surface area (Å²) < 4.78 is 0. The second kappa shape index (κ2) is 7.11. The highest BCUT2D eigenvalue weighted by atomic mass is 16.4. The molecular weight excluding hydrogens is 354 g/mol. The Morgan fingerprint density at radius 2 is 1.68 bits per heavy atom. The fraction of sp³-hybridized carbons (Fsp3) is 0.318. The quantitative estimate of drug-likeness (QED) is 0.868. The van der Waals surface area contributed by atoms with Gasteiger partial charge >= 0.3 is 5.97 Å². The van der Waals surface area contributed by atoms with Gasteiger partial charge in [-0.25, -0.2) is 0 Å². The van der Waals surface area contributed by atoms with Crippen molar-refractivity contribution in [3.63, 3.8) is 0 Å². The molecule has 144 valence electrons. The maximum Gasteiger partial charge on any atom is 0.313 e. The van der Waals surface area contributed by atoms with E-state index in [1.54, 1.807) is 4.90 Å². The van der Waals surface area contributed by atoms with Crippen LogP contribution in [0.1, 0.15) is 31.4 Å². The number of para-hydroxylation sites is 1. The van der Waals surface area contributed by atoms with Crippen LogP contribution in [0.4, 0.5) is 5.69 Å². The van der Waals surface area contributed by atoms with E-state index in [1.165, 1.54) is 0 Å². The number of hydrogen-bond donors (Lipinski definition) is 1. The van der Waals surface area contributed by atoms with E-state index < -0.39 is 11.4 Å². The van der Waals surface area contributed by atoms with Crippen LogP contribution < -0.4 is 5.01 Å². The maximum absolute atomic E-state index is 13.0. The van der Waals surface area contributed by atoms with Crippen molar-refractivity contribution in [1.82, 2.24) is 4.90 Å². The van der Waals surface area contributed by atoms with Crippen molar-refractivity contribution < 1.29 is 14.7 Å². The first-order chi connectivity index (χ1) is 13.5. The number of hydrazone groups is 1. The lowest BCUT2D eigenvalue weighted by molar-refractivity contribution is -0.164. The minimum Gasteiger partial charge on any atom is -0.481 e. The summed E-state index contributed by atoms with van der Waals surface area (Å²) in [6, 6.07) is 19.8. The third kappa shape index (κ3) is 3.05. The summed E-state index contributed by atoms with van der Waals surface area (Å²) in [6.07, 6.45) is 1.02. The van der Waals surface area contributed by atoms with Crippen LogP contribution in [0.5, 0.6) is 0 Å². The Bertz CT molecular complexity index is 905. The predicted molar refractivity (Wildman–Crippen MR) is 107 cm³/mol. The highest BCUT2D eigenvalue weighted by Crippen LogP contribution is 2.38. The van der Waals surface area contributed by atoms with E-state index in [0.29, 0.717) is 18.6 Å². The Balaban J connectivity index is 1.58. The van der Waals surface area contributed by atoms with E-state index in [1.807, 2.05) is 72.6 Å². The molecule has 1 amide bonds. The fourth-order valence-electron chi connectivity index (χ4n) is 3.91. The lowest BCUT2D eigenvalue weighted by Crippen LogP contribution is -2.63. The molecular formula is C22H23N3O3. The number of carboxylic acids is 1. The predicted octanol–water partition coefficient (Wildman–Crippen LogP) is 3.32. The zero-order valence-electron chi connectivity index (χ0n) is 15.8. The number of aliphatic carboxylic acids is 1. The topological polar surface area (TPSA) is 73.2 Å². The maximum atomic E-state index is 13.0. The molecule has 1 fully saturated rings. The molecule has 2 aromatic carbocycles. The summed E-state index contributed by atoms with van der Waals surface area (Å²) in [5, 5.41) is 16.0. The third-order valence-corrected chi connectivity index (χ3v) is 5.77. The van der Waals surface area contributed by atoms with Crippen LogP contribution in [-0.4, -0.2) is 40.7 Å². The number of nitrogens with zero attached hydrogens (tertiary/aromatic N) is 3. The monoisotopic (exact) mass is 377 g/mol. The van der Waals surface area contributed by atoms with Gasteiger partial charge in [0.2, 0.25) is 0 Å². The Morgan fingerprint density at radius 1 is 1.07 bits per heavy atom. The molecule has 2 aliphatic rings. The van der Waals surface area contributed by atoms with Gasteiger partial charge in [-0.15, -0.1) is 0 Å². The number of carbonyl (C=O) groups is 2. The molecule has 0 radical (unpaired) electrons. The molecule has 0 aromatic heterocycles. The van der Waals surface area contributed by atoms with Gasteiger partial charge in [-0.3, -0.25) is 14.6 Å². The molecule has 1 unspecified atom stereocenters. The molecule has 1 N–H and O–H groups in total. The van der Waals surface area contributed by atoms with Crippen LogP contribution in [0.2, 0.25) is 0 Å². The van der Waals surface area contributed by atoms with Crippen LogP contribution >= 0.6 is 0 Å². The van der Waals surface area contributed by atoms with Crippen LogP contribution in [0, 0.1) is 5.41 Å². The number of hydrogen-bond acceptors (Lipinski definition) is 4. The highest BCUT2D eigenvalue weighted by Gasteiger charge is 2.51. The standard InChI is InChI=1S/C22H23N3O3/c1-2-22(21(27)28)14-24(15-22)20(26)18-13-19(16-9-5-3-6-10-16)25(23-18)17-11-7-4-8-12-17/h3-12,19H,2,13-15H2,1H3,(H,27,28). The summed E-state index contributed by atoms with van der Waals surface area (Å²) in [7, 11) is 0. The zero-order valence-corrected chi connectivity index (χ0v) is 15.8. The van der Waals surface area contributed by atoms with Crippen molar-refractivity contribution in [1.29, 1.82) is 0 Å². The number of carboxylic acid groups (broad SMARTS) is 1. The second-order valence-electron chi connectivity index (χ2n) is 7.46. The van der Waals surface area contributed by atoms with Gasteiger partial charge in [0.05, 0.1) is 11.7 Å². The molecule has 28 heavy (non-hydrogen) atoms. The van der Waals surface area contributed by atoms with Crippen molar-refractivity contribution >= 4 is 23.3 Å². The average Bonchev–Trinajstić information content (AvgIpc) is 3.14. The van der Waals surface area contributed by atoms with Gasteiger partial charge in [0.15, 0.2) is 0 Å². The van der Waals surface area contributed by atoms with E-state index in [2.05, 4.69) is 5.10 Å². The Morgan fingerprint density at radius 3 is 2.25 bits per heavy atom. The van der Waals surface area contributed by atoms with Crippen LogP contribution in [0.25, 0.3) is 0 Å². The van der Waals surface area contributed by atoms with E-state index in [4.69, 9.17) is 0 Å². The summed E-state index contributed by atoms with van der Waals surface area (Å²) in [4.78, 5) is 26.1. The first kappa shape index (κ1) is 18.2. The average molecular weight is 377 g/mol. The Hall–Kier alpha value is -3.15. The van der Waals surface area contributed by atoms with Crippen LogP contribution in [0.15, 0.2) is 65.8 Å². The molecule has 0 bridgehead atoms. The normalized spacial score (nSPS) is 20.5. The number of rotatable bonds is 5. The fourth-order valence-corrected chi connectivity index (χ4v) is 3.91. The van der Waals surface area contributed by atoms with Gasteiger partial charge in [-0.05, 0) is 24.1 Å². The lowest BCUT2D eigenvalue weighted by atomic mass is 9.77. The van der Waals surface area contributed by atoms with Crippen LogP contribution in [0.3, 0.4) is 0 Å². The van der Waals surface area contributed by atoms with E-state index in [0.717, 1.165) is 11.3 Å². The molecule has 4 rings (SSSR count). The number of amides is 1. The first-order valence-electron chi connectivity index (χ1n) is 9.53. The molecule has 1 atom stereocenters. The summed E-state index contributed by atoms with van der Waals surface area (Å²) in [5.74, 6) is -0.995. The first-order valence-corrected chi connectivity index (χ1v) is 9.53. The van der Waals surface area contributed by atoms with Gasteiger partial charge in [-0.2, -0.15) is 5.10 Å². The van der Waals surface area contributed by atoms with E-state index >= 15 is 0 Å². The van der Waals surface area contributed by atoms with Gasteiger partial charge in [0, 0.05) is 19.5 Å². The molecule has 2 heterocycles. The molecule has 1 saturated heterocycles. The number of carbonyl (C=O) groups excluding carboxylic acids is 1. The molecule has 6 nitrogen and oxygen atoms in total. The van der Waals surface area contributed by atoms with Crippen molar-refractivity contribution in [3.8, 4) is 0 Å². The number of anilines is 1. The summed E-state index contributed by atoms with van der Waals surface area (Å²) in [5.41, 5.74) is 1.69. The van der Waals surface area contributed by atoms with Crippen molar-refractivity contribution in [2.45, 2.75) is 25.8 Å². The molecule has 2 aromatic rings. The van der Waals surface area contributed by atoms with Crippen molar-refractivity contribution in [3.05, 3.63) is 66.2 Å². The Kier molecular flexibility index (Phi) is 4.63. The van der Waals surface area contributed by atoms with Gasteiger partial charge < -0.3 is 10.0 Å². The lowest BCUT2D eigenvalue weighted by Gasteiger charge is -2.46. The Labute approximate surface area is 164 Å². The molecule has 0 aliphatic carbocycles. The van der Waals surface area contributed by atoms with Crippen molar-refractivity contribution in [2.24, 2.45) is 10.5 Å². The van der Waals surface area contributed by atoms with Gasteiger partial charge in [-0.1, -0.05) is 55.5 Å². The van der Waals surface area contributed by atoms with E-state index in [-0.39, 0.29) is 25.0 Å². The molecule has 2 aliphatic heterocycles. The summed E-state index contributed by atoms with van der Waals surface area (Å²) in [6.45, 7) is 2.35. The molecule has 0 spiro atoms. The largest absolute Gasteiger partial charge is 0.481 e. The summed E-state index contributed by atoms with van der Waals surface area (Å²) >= 11 is 0. The number of likely N-dealkylation sites (tertiary alicyclic amines) is 1. The van der Waals surface area contributed by atoms with Gasteiger partial charge in [0.25, 0.3) is 5.91 Å². The van der Waals surface area contributed by atoms with Crippen LogP contribution in [-0.2, 0) is 9.59 Å². The smallest absolute Gasteiger partial charge is 0.313 e. The van der Waals surface area contributed by atoms with E-state index in [9.17, 15) is 14.7 Å². The minimum absolute atomic E-state index is 0.0563. The highest BCUT2D eigenvalue weighted by molar-refractivity contribution is 6.40. The number of benzene rings is 2. The zero-order chi connectivity index (χ0) is 19.7. The second-order valence-corrected chi connectivity index (χ2v) is 7.46. The van der Waals surface area contributed by atoms with Crippen molar-refractivity contribution in [2.75, 3.05) is 18.1 Å². The minimum atomic E-state index is -0.833. The SMILES string of the molecule is CCC1(C(=O)O)CN(C(=O)C2=NN(c3ccccc3)C(c3ccccc3)C2)C1. The molecule has 6 heteroatoms. The van der Waals surface area contributed by atoms with Gasteiger partial charge in [0.1, 0.15) is 11.1 Å².